The monoisotopic (exact) mass is 473 g/mol. The van der Waals surface area contributed by atoms with Crippen LogP contribution in [-0.4, -0.2) is 39.5 Å². The van der Waals surface area contributed by atoms with Crippen LogP contribution in [0.3, 0.4) is 0 Å². The van der Waals surface area contributed by atoms with Gasteiger partial charge in [0, 0.05) is 29.4 Å². The lowest BCUT2D eigenvalue weighted by molar-refractivity contribution is 0.0927. The SMILES string of the molecule is Cc1[nH]c2c(-c3ccc(F)cc3OCC3CC3)ncnc2c1C(=O)N[C@H]1CC[C@H](N)CC1.Cl. The molecule has 33 heavy (non-hydrogen) atoms. The molecule has 1 amide bonds. The van der Waals surface area contributed by atoms with Crippen LogP contribution < -0.4 is 15.8 Å². The third-order valence-corrected chi connectivity index (χ3v) is 6.48. The van der Waals surface area contributed by atoms with Crippen molar-refractivity contribution in [2.24, 2.45) is 11.7 Å². The summed E-state index contributed by atoms with van der Waals surface area (Å²) in [6.45, 7) is 2.42. The Kier molecular flexibility index (Phi) is 6.86. The van der Waals surface area contributed by atoms with Crippen molar-refractivity contribution in [1.29, 1.82) is 0 Å². The molecule has 2 heterocycles. The number of halogens is 2. The fourth-order valence-electron chi connectivity index (χ4n) is 4.43. The number of H-pyrrole nitrogens is 1. The molecule has 5 rings (SSSR count). The van der Waals surface area contributed by atoms with E-state index in [0.29, 0.717) is 51.8 Å². The summed E-state index contributed by atoms with van der Waals surface area (Å²) >= 11 is 0. The number of aromatic amines is 1. The van der Waals surface area contributed by atoms with Gasteiger partial charge in [0.05, 0.1) is 17.7 Å². The quantitative estimate of drug-likeness (QED) is 0.495. The average Bonchev–Trinajstić information content (AvgIpc) is 3.54. The van der Waals surface area contributed by atoms with Gasteiger partial charge in [-0.15, -0.1) is 12.4 Å². The van der Waals surface area contributed by atoms with Crippen LogP contribution in [0.4, 0.5) is 4.39 Å². The minimum absolute atomic E-state index is 0. The normalized spacial score (nSPS) is 20.3. The second-order valence-corrected chi connectivity index (χ2v) is 9.05. The summed E-state index contributed by atoms with van der Waals surface area (Å²) in [7, 11) is 0. The van der Waals surface area contributed by atoms with Gasteiger partial charge in [-0.05, 0) is 63.5 Å². The Morgan fingerprint density at radius 1 is 1.21 bits per heavy atom. The number of benzene rings is 1. The zero-order chi connectivity index (χ0) is 22.2. The van der Waals surface area contributed by atoms with Crippen molar-refractivity contribution in [1.82, 2.24) is 20.3 Å². The predicted molar refractivity (Wildman–Crippen MR) is 127 cm³/mol. The molecule has 4 N–H and O–H groups in total. The third-order valence-electron chi connectivity index (χ3n) is 6.48. The maximum Gasteiger partial charge on any atom is 0.255 e. The van der Waals surface area contributed by atoms with Gasteiger partial charge in [0.25, 0.3) is 5.91 Å². The van der Waals surface area contributed by atoms with Crippen LogP contribution in [0.1, 0.15) is 54.6 Å². The van der Waals surface area contributed by atoms with Crippen LogP contribution in [0, 0.1) is 18.7 Å². The Bertz CT molecular complexity index is 1160. The lowest BCUT2D eigenvalue weighted by atomic mass is 9.91. The van der Waals surface area contributed by atoms with Gasteiger partial charge in [0.1, 0.15) is 29.1 Å². The third kappa shape index (κ3) is 4.96. The van der Waals surface area contributed by atoms with Crippen molar-refractivity contribution in [2.75, 3.05) is 6.61 Å². The lowest BCUT2D eigenvalue weighted by Crippen LogP contribution is -2.40. The summed E-state index contributed by atoms with van der Waals surface area (Å²) in [4.78, 5) is 25.3. The van der Waals surface area contributed by atoms with E-state index in [1.54, 1.807) is 6.07 Å². The molecule has 7 nitrogen and oxygen atoms in total. The number of aryl methyl sites for hydroxylation is 1. The Balaban J connectivity index is 0.00000259. The van der Waals surface area contributed by atoms with E-state index in [1.807, 2.05) is 6.92 Å². The smallest absolute Gasteiger partial charge is 0.255 e. The minimum Gasteiger partial charge on any atom is -0.492 e. The molecule has 2 aliphatic carbocycles. The Morgan fingerprint density at radius 2 is 1.97 bits per heavy atom. The van der Waals surface area contributed by atoms with Crippen molar-refractivity contribution in [2.45, 2.75) is 57.5 Å². The lowest BCUT2D eigenvalue weighted by Gasteiger charge is -2.26. The first-order valence-electron chi connectivity index (χ1n) is 11.3. The van der Waals surface area contributed by atoms with Crippen LogP contribution in [-0.2, 0) is 0 Å². The zero-order valence-electron chi connectivity index (χ0n) is 18.6. The van der Waals surface area contributed by atoms with Crippen molar-refractivity contribution in [3.8, 4) is 17.0 Å². The summed E-state index contributed by atoms with van der Waals surface area (Å²) in [6.07, 6.45) is 7.32. The number of ether oxygens (including phenoxy) is 1. The highest BCUT2D eigenvalue weighted by Crippen LogP contribution is 2.36. The van der Waals surface area contributed by atoms with Crippen LogP contribution in [0.15, 0.2) is 24.5 Å². The van der Waals surface area contributed by atoms with E-state index in [-0.39, 0.29) is 36.2 Å². The number of carbonyl (C=O) groups excluding carboxylic acids is 1. The molecule has 2 aliphatic rings. The van der Waals surface area contributed by atoms with Gasteiger partial charge >= 0.3 is 0 Å². The highest BCUT2D eigenvalue weighted by atomic mass is 35.5. The molecule has 3 aromatic rings. The van der Waals surface area contributed by atoms with Crippen LogP contribution in [0.25, 0.3) is 22.3 Å². The van der Waals surface area contributed by atoms with E-state index in [0.717, 1.165) is 38.5 Å². The van der Waals surface area contributed by atoms with Crippen LogP contribution >= 0.6 is 12.4 Å². The van der Waals surface area contributed by atoms with E-state index in [4.69, 9.17) is 10.5 Å². The first-order chi connectivity index (χ1) is 15.5. The number of fused-ring (bicyclic) bond motifs is 1. The Hall–Kier alpha value is -2.71. The maximum absolute atomic E-state index is 14.0. The highest BCUT2D eigenvalue weighted by molar-refractivity contribution is 6.09. The molecule has 0 aliphatic heterocycles. The van der Waals surface area contributed by atoms with Gasteiger partial charge in [0.2, 0.25) is 0 Å². The molecule has 9 heteroatoms. The van der Waals surface area contributed by atoms with E-state index < -0.39 is 0 Å². The molecule has 0 radical (unpaired) electrons. The molecular formula is C24H29ClFN5O2. The highest BCUT2D eigenvalue weighted by Gasteiger charge is 2.26. The van der Waals surface area contributed by atoms with Crippen LogP contribution in [0.5, 0.6) is 5.75 Å². The molecule has 0 bridgehead atoms. The summed E-state index contributed by atoms with van der Waals surface area (Å²) in [5, 5.41) is 3.14. The van der Waals surface area contributed by atoms with Crippen molar-refractivity contribution in [3.05, 3.63) is 41.6 Å². The number of amides is 1. The second-order valence-electron chi connectivity index (χ2n) is 9.05. The van der Waals surface area contributed by atoms with Gasteiger partial charge in [0.15, 0.2) is 0 Å². The molecule has 176 valence electrons. The predicted octanol–water partition coefficient (Wildman–Crippen LogP) is 4.28. The molecule has 2 fully saturated rings. The zero-order valence-corrected chi connectivity index (χ0v) is 19.4. The largest absolute Gasteiger partial charge is 0.492 e. The number of nitrogens with two attached hydrogens (primary N) is 1. The molecule has 1 aromatic carbocycles. The van der Waals surface area contributed by atoms with E-state index >= 15 is 0 Å². The molecule has 0 saturated heterocycles. The molecule has 0 atom stereocenters. The molecule has 0 spiro atoms. The van der Waals surface area contributed by atoms with Crippen LogP contribution in [0.2, 0.25) is 0 Å². The fraction of sp³-hybridized carbons (Fsp3) is 0.458. The summed E-state index contributed by atoms with van der Waals surface area (Å²) < 4.78 is 19.9. The maximum atomic E-state index is 14.0. The standard InChI is InChI=1S/C24H28FN5O2.ClH/c1-13-20(24(31)30-17-7-5-16(26)6-8-17)22-23(29-13)21(27-12-28-22)18-9-4-15(25)10-19(18)32-11-14-2-3-14;/h4,9-10,12,14,16-17,29H,2-3,5-8,11,26H2,1H3,(H,30,31);1H/t16-,17-;. The molecule has 2 saturated carbocycles. The number of nitrogens with one attached hydrogen (secondary N) is 2. The van der Waals surface area contributed by atoms with E-state index in [2.05, 4.69) is 20.3 Å². The molecule has 0 unspecified atom stereocenters. The van der Waals surface area contributed by atoms with E-state index in [9.17, 15) is 9.18 Å². The number of aromatic nitrogens is 3. The van der Waals surface area contributed by atoms with Gasteiger partial charge in [-0.25, -0.2) is 14.4 Å². The average molecular weight is 474 g/mol. The number of hydrogen-bond acceptors (Lipinski definition) is 5. The number of rotatable bonds is 6. The minimum atomic E-state index is -0.361. The van der Waals surface area contributed by atoms with Gasteiger partial charge in [-0.3, -0.25) is 4.79 Å². The molecule has 2 aromatic heterocycles. The topological polar surface area (TPSA) is 106 Å². The fourth-order valence-corrected chi connectivity index (χ4v) is 4.43. The molecular weight excluding hydrogens is 445 g/mol. The van der Waals surface area contributed by atoms with E-state index in [1.165, 1.54) is 18.5 Å². The number of hydrogen-bond donors (Lipinski definition) is 3. The van der Waals surface area contributed by atoms with Crippen molar-refractivity contribution < 1.29 is 13.9 Å². The second kappa shape index (κ2) is 9.65. The Labute approximate surface area is 198 Å². The number of carbonyl (C=O) groups is 1. The number of nitrogens with zero attached hydrogens (tertiary/aromatic N) is 2. The van der Waals surface area contributed by atoms with Crippen molar-refractivity contribution in [3.63, 3.8) is 0 Å². The first-order valence-corrected chi connectivity index (χ1v) is 11.3. The van der Waals surface area contributed by atoms with Gasteiger partial charge in [-0.1, -0.05) is 0 Å². The summed E-state index contributed by atoms with van der Waals surface area (Å²) in [6, 6.07) is 4.79. The van der Waals surface area contributed by atoms with Gasteiger partial charge < -0.3 is 20.8 Å². The Morgan fingerprint density at radius 3 is 2.70 bits per heavy atom. The van der Waals surface area contributed by atoms with Crippen molar-refractivity contribution >= 4 is 29.3 Å². The summed E-state index contributed by atoms with van der Waals surface area (Å²) in [5.74, 6) is 0.477. The van der Waals surface area contributed by atoms with Gasteiger partial charge in [-0.2, -0.15) is 0 Å². The first kappa shape index (κ1) is 23.4. The summed E-state index contributed by atoms with van der Waals surface area (Å²) in [5.41, 5.74) is 9.68.